The number of carboxylic acid groups (broad SMARTS) is 1. The topological polar surface area (TPSA) is 178 Å². The SMILES string of the molecule is CSCCC(NC(=O)C1CCCN1)C(=O)NC(Cc1c[nH]c2ccccc12)C(=O)NC(CCCCN)C(=O)O. The van der Waals surface area contributed by atoms with Gasteiger partial charge in [-0.3, -0.25) is 14.4 Å². The van der Waals surface area contributed by atoms with E-state index in [-0.39, 0.29) is 24.8 Å². The molecule has 2 heterocycles. The fourth-order valence-electron chi connectivity index (χ4n) is 4.71. The molecule has 2 aromatic rings. The number of carbonyl (C=O) groups excluding carboxylic acids is 3. The number of carboxylic acids is 1. The minimum Gasteiger partial charge on any atom is -0.480 e. The van der Waals surface area contributed by atoms with Gasteiger partial charge in [0.2, 0.25) is 17.7 Å². The van der Waals surface area contributed by atoms with E-state index in [1.165, 1.54) is 0 Å². The van der Waals surface area contributed by atoms with E-state index in [0.29, 0.717) is 38.0 Å². The summed E-state index contributed by atoms with van der Waals surface area (Å²) in [4.78, 5) is 54.7. The second kappa shape index (κ2) is 15.5. The molecule has 12 heteroatoms. The van der Waals surface area contributed by atoms with E-state index in [4.69, 9.17) is 5.73 Å². The van der Waals surface area contributed by atoms with Crippen LogP contribution in [0.2, 0.25) is 0 Å². The quantitative estimate of drug-likeness (QED) is 0.148. The van der Waals surface area contributed by atoms with Crippen LogP contribution in [0, 0.1) is 0 Å². The molecule has 4 unspecified atom stereocenters. The average Bonchev–Trinajstić information content (AvgIpc) is 3.61. The lowest BCUT2D eigenvalue weighted by molar-refractivity contribution is -0.142. The van der Waals surface area contributed by atoms with Gasteiger partial charge < -0.3 is 37.1 Å². The minimum absolute atomic E-state index is 0.143. The summed E-state index contributed by atoms with van der Waals surface area (Å²) in [6.07, 6.45) is 7.25. The van der Waals surface area contributed by atoms with Crippen molar-refractivity contribution in [3.63, 3.8) is 0 Å². The summed E-state index contributed by atoms with van der Waals surface area (Å²) >= 11 is 1.55. The Labute approximate surface area is 232 Å². The summed E-state index contributed by atoms with van der Waals surface area (Å²) in [5.41, 5.74) is 7.23. The highest BCUT2D eigenvalue weighted by atomic mass is 32.2. The molecular formula is C27H40N6O5S. The number of hydrogen-bond donors (Lipinski definition) is 7. The third kappa shape index (κ3) is 8.97. The number of aliphatic carboxylic acids is 1. The van der Waals surface area contributed by atoms with Gasteiger partial charge in [-0.2, -0.15) is 11.8 Å². The molecule has 1 aliphatic heterocycles. The van der Waals surface area contributed by atoms with Gasteiger partial charge in [0.25, 0.3) is 0 Å². The minimum atomic E-state index is -1.15. The van der Waals surface area contributed by atoms with Crippen molar-refractivity contribution < 1.29 is 24.3 Å². The molecule has 3 amide bonds. The van der Waals surface area contributed by atoms with E-state index in [2.05, 4.69) is 26.3 Å². The number of amides is 3. The molecule has 1 aromatic carbocycles. The van der Waals surface area contributed by atoms with E-state index < -0.39 is 35.9 Å². The molecule has 0 aliphatic carbocycles. The molecule has 1 fully saturated rings. The number of rotatable bonds is 16. The van der Waals surface area contributed by atoms with Crippen LogP contribution < -0.4 is 27.0 Å². The summed E-state index contributed by atoms with van der Waals surface area (Å²) < 4.78 is 0. The third-order valence-electron chi connectivity index (χ3n) is 6.91. The van der Waals surface area contributed by atoms with Gasteiger partial charge in [0.1, 0.15) is 18.1 Å². The lowest BCUT2D eigenvalue weighted by Gasteiger charge is -2.25. The summed E-state index contributed by atoms with van der Waals surface area (Å²) in [7, 11) is 0. The van der Waals surface area contributed by atoms with Crippen LogP contribution in [0.15, 0.2) is 30.5 Å². The fourth-order valence-corrected chi connectivity index (χ4v) is 5.18. The first kappa shape index (κ1) is 30.5. The second-order valence-electron chi connectivity index (χ2n) is 9.80. The predicted molar refractivity (Wildman–Crippen MR) is 152 cm³/mol. The summed E-state index contributed by atoms with van der Waals surface area (Å²) in [5.74, 6) is -1.83. The van der Waals surface area contributed by atoms with Crippen molar-refractivity contribution in [3.05, 3.63) is 36.0 Å². The zero-order valence-corrected chi connectivity index (χ0v) is 23.1. The predicted octanol–water partition coefficient (Wildman–Crippen LogP) is 0.884. The Morgan fingerprint density at radius 2 is 1.79 bits per heavy atom. The number of thioether (sulfide) groups is 1. The van der Waals surface area contributed by atoms with E-state index in [9.17, 15) is 24.3 Å². The molecular weight excluding hydrogens is 520 g/mol. The Balaban J connectivity index is 1.80. The molecule has 0 saturated carbocycles. The largest absolute Gasteiger partial charge is 0.480 e. The number of aromatic amines is 1. The van der Waals surface area contributed by atoms with Crippen molar-refractivity contribution in [1.82, 2.24) is 26.3 Å². The Morgan fingerprint density at radius 1 is 1.05 bits per heavy atom. The number of aromatic nitrogens is 1. The number of para-hydroxylation sites is 1. The van der Waals surface area contributed by atoms with Crippen LogP contribution in [0.25, 0.3) is 10.9 Å². The number of H-pyrrole nitrogens is 1. The Morgan fingerprint density at radius 3 is 2.49 bits per heavy atom. The van der Waals surface area contributed by atoms with E-state index in [1.54, 1.807) is 18.0 Å². The van der Waals surface area contributed by atoms with Crippen LogP contribution >= 0.6 is 11.8 Å². The van der Waals surface area contributed by atoms with E-state index in [1.807, 2.05) is 30.5 Å². The van der Waals surface area contributed by atoms with Crippen molar-refractivity contribution >= 4 is 46.4 Å². The Bertz CT molecular complexity index is 1120. The molecule has 0 bridgehead atoms. The summed E-state index contributed by atoms with van der Waals surface area (Å²) in [6.45, 7) is 1.18. The smallest absolute Gasteiger partial charge is 0.326 e. The van der Waals surface area contributed by atoms with Crippen molar-refractivity contribution in [2.75, 3.05) is 25.1 Å². The van der Waals surface area contributed by atoms with Gasteiger partial charge in [-0.15, -0.1) is 0 Å². The highest BCUT2D eigenvalue weighted by molar-refractivity contribution is 7.98. The molecule has 0 spiro atoms. The molecule has 11 nitrogen and oxygen atoms in total. The number of fused-ring (bicyclic) bond motifs is 1. The number of nitrogens with one attached hydrogen (secondary N) is 5. The van der Waals surface area contributed by atoms with Crippen molar-refractivity contribution in [2.45, 2.75) is 69.1 Å². The maximum absolute atomic E-state index is 13.5. The lowest BCUT2D eigenvalue weighted by Crippen LogP contribution is -2.57. The first-order valence-electron chi connectivity index (χ1n) is 13.4. The number of benzene rings is 1. The number of carbonyl (C=O) groups is 4. The number of hydrogen-bond acceptors (Lipinski definition) is 7. The van der Waals surface area contributed by atoms with Crippen LogP contribution in [0.4, 0.5) is 0 Å². The zero-order chi connectivity index (χ0) is 28.2. The maximum Gasteiger partial charge on any atom is 0.326 e. The van der Waals surface area contributed by atoms with Crippen molar-refractivity contribution in [1.29, 1.82) is 0 Å². The lowest BCUT2D eigenvalue weighted by atomic mass is 10.0. The Hall–Kier alpha value is -3.09. The molecule has 0 radical (unpaired) electrons. The van der Waals surface area contributed by atoms with Gasteiger partial charge in [-0.1, -0.05) is 18.2 Å². The van der Waals surface area contributed by atoms with Crippen molar-refractivity contribution in [2.24, 2.45) is 5.73 Å². The van der Waals surface area contributed by atoms with E-state index >= 15 is 0 Å². The summed E-state index contributed by atoms with van der Waals surface area (Å²) in [6, 6.07) is 4.28. The molecule has 214 valence electrons. The average molecular weight is 561 g/mol. The van der Waals surface area contributed by atoms with E-state index in [0.717, 1.165) is 29.4 Å². The van der Waals surface area contributed by atoms with Crippen LogP contribution in [-0.2, 0) is 25.6 Å². The van der Waals surface area contributed by atoms with Crippen LogP contribution in [0.5, 0.6) is 0 Å². The zero-order valence-electron chi connectivity index (χ0n) is 22.3. The molecule has 1 aliphatic rings. The molecule has 4 atom stereocenters. The van der Waals surface area contributed by atoms with Crippen LogP contribution in [-0.4, -0.2) is 83.0 Å². The third-order valence-corrected chi connectivity index (χ3v) is 7.56. The fraction of sp³-hybridized carbons (Fsp3) is 0.556. The molecule has 3 rings (SSSR count). The monoisotopic (exact) mass is 560 g/mol. The van der Waals surface area contributed by atoms with Crippen LogP contribution in [0.1, 0.15) is 44.1 Å². The highest BCUT2D eigenvalue weighted by Gasteiger charge is 2.31. The highest BCUT2D eigenvalue weighted by Crippen LogP contribution is 2.19. The van der Waals surface area contributed by atoms with Crippen molar-refractivity contribution in [3.8, 4) is 0 Å². The first-order chi connectivity index (χ1) is 18.8. The first-order valence-corrected chi connectivity index (χ1v) is 14.8. The van der Waals surface area contributed by atoms with Gasteiger partial charge in [0.15, 0.2) is 0 Å². The van der Waals surface area contributed by atoms with Gasteiger partial charge in [0.05, 0.1) is 6.04 Å². The van der Waals surface area contributed by atoms with Gasteiger partial charge >= 0.3 is 5.97 Å². The van der Waals surface area contributed by atoms with Crippen LogP contribution in [0.3, 0.4) is 0 Å². The Kier molecular flexibility index (Phi) is 12.1. The maximum atomic E-state index is 13.5. The molecule has 1 saturated heterocycles. The van der Waals surface area contributed by atoms with Gasteiger partial charge in [-0.05, 0) is 75.3 Å². The summed E-state index contributed by atoms with van der Waals surface area (Å²) in [5, 5.41) is 22.0. The standard InChI is InChI=1S/C27H40N6O5S/c1-39-14-11-21(31-24(34)20-10-6-13-29-20)25(35)33-23(15-17-16-30-19-8-3-2-7-18(17)19)26(36)32-22(27(37)38)9-4-5-12-28/h2-3,7-8,16,20-23,29-30H,4-6,9-15,28H2,1H3,(H,31,34)(H,32,36)(H,33,35)(H,37,38). The second-order valence-corrected chi connectivity index (χ2v) is 10.8. The molecule has 8 N–H and O–H groups in total. The molecule has 39 heavy (non-hydrogen) atoms. The normalized spacial score (nSPS) is 17.3. The molecule has 1 aromatic heterocycles. The van der Waals surface area contributed by atoms with Gasteiger partial charge in [0, 0.05) is 23.5 Å². The number of unbranched alkanes of at least 4 members (excludes halogenated alkanes) is 1. The number of nitrogens with two attached hydrogens (primary N) is 1. The van der Waals surface area contributed by atoms with Gasteiger partial charge in [-0.25, -0.2) is 4.79 Å².